The Morgan fingerprint density at radius 3 is 2.78 bits per heavy atom. The van der Waals surface area contributed by atoms with Crippen LogP contribution in [-0.2, 0) is 0 Å². The van der Waals surface area contributed by atoms with Gasteiger partial charge < -0.3 is 16.8 Å². The van der Waals surface area contributed by atoms with Crippen LogP contribution in [0, 0.1) is 0 Å². The first-order chi connectivity index (χ1) is 4.34. The molecule has 3 heteroatoms. The van der Waals surface area contributed by atoms with Crippen molar-refractivity contribution in [2.45, 2.75) is 6.04 Å². The third-order valence-electron chi connectivity index (χ3n) is 1.36. The van der Waals surface area contributed by atoms with E-state index in [1.807, 2.05) is 6.08 Å². The zero-order chi connectivity index (χ0) is 6.69. The van der Waals surface area contributed by atoms with E-state index in [1.165, 1.54) is 5.57 Å². The van der Waals surface area contributed by atoms with Gasteiger partial charge in [0.15, 0.2) is 0 Å². The fourth-order valence-corrected chi connectivity index (χ4v) is 0.694. The van der Waals surface area contributed by atoms with Crippen molar-refractivity contribution in [3.8, 4) is 0 Å². The molecule has 52 valence electrons. The van der Waals surface area contributed by atoms with Crippen LogP contribution < -0.4 is 16.8 Å². The Bertz CT molecular complexity index is 119. The summed E-state index contributed by atoms with van der Waals surface area (Å²) in [5.74, 6) is 0. The van der Waals surface area contributed by atoms with Crippen LogP contribution in [0.1, 0.15) is 0 Å². The van der Waals surface area contributed by atoms with E-state index in [0.717, 1.165) is 13.1 Å². The van der Waals surface area contributed by atoms with Crippen molar-refractivity contribution in [1.29, 1.82) is 0 Å². The van der Waals surface area contributed by atoms with Gasteiger partial charge in [-0.2, -0.15) is 0 Å². The van der Waals surface area contributed by atoms with Crippen molar-refractivity contribution < 1.29 is 0 Å². The van der Waals surface area contributed by atoms with Gasteiger partial charge in [0, 0.05) is 25.7 Å². The summed E-state index contributed by atoms with van der Waals surface area (Å²) in [6, 6.07) is 0.260. The first-order valence-electron chi connectivity index (χ1n) is 3.21. The van der Waals surface area contributed by atoms with E-state index in [1.54, 1.807) is 0 Å². The van der Waals surface area contributed by atoms with Crippen molar-refractivity contribution in [3.63, 3.8) is 0 Å². The van der Waals surface area contributed by atoms with Gasteiger partial charge in [-0.05, 0) is 5.57 Å². The molecule has 0 heterocycles. The standard InChI is InChI=1S/C6H13N3/c7-1-2-9-4-5-3-6(5)8/h3,6,9H,1-2,4,7-8H2. The summed E-state index contributed by atoms with van der Waals surface area (Å²) in [5, 5.41) is 3.15. The third kappa shape index (κ3) is 2.13. The highest BCUT2D eigenvalue weighted by Crippen LogP contribution is 2.14. The maximum absolute atomic E-state index is 5.48. The van der Waals surface area contributed by atoms with Gasteiger partial charge >= 0.3 is 0 Å². The van der Waals surface area contributed by atoms with Gasteiger partial charge in [-0.1, -0.05) is 6.08 Å². The Labute approximate surface area is 55.1 Å². The molecular formula is C6H13N3. The molecule has 9 heavy (non-hydrogen) atoms. The molecule has 0 aliphatic heterocycles. The molecule has 1 rings (SSSR count). The van der Waals surface area contributed by atoms with Crippen molar-refractivity contribution in [2.24, 2.45) is 11.5 Å². The Kier molecular flexibility index (Phi) is 2.22. The lowest BCUT2D eigenvalue weighted by molar-refractivity contribution is 0.737. The number of nitrogens with one attached hydrogen (secondary N) is 1. The van der Waals surface area contributed by atoms with Gasteiger partial charge in [0.2, 0.25) is 0 Å². The van der Waals surface area contributed by atoms with Crippen LogP contribution in [0.2, 0.25) is 0 Å². The molecule has 1 aliphatic carbocycles. The van der Waals surface area contributed by atoms with Crippen LogP contribution >= 0.6 is 0 Å². The minimum absolute atomic E-state index is 0.260. The van der Waals surface area contributed by atoms with Crippen LogP contribution in [0.25, 0.3) is 0 Å². The number of rotatable bonds is 4. The molecule has 5 N–H and O–H groups in total. The van der Waals surface area contributed by atoms with Crippen molar-refractivity contribution in [3.05, 3.63) is 11.6 Å². The summed E-state index contributed by atoms with van der Waals surface area (Å²) in [4.78, 5) is 0. The second-order valence-corrected chi connectivity index (χ2v) is 2.23. The van der Waals surface area contributed by atoms with E-state index in [4.69, 9.17) is 11.5 Å². The third-order valence-corrected chi connectivity index (χ3v) is 1.36. The van der Waals surface area contributed by atoms with Crippen LogP contribution in [0.5, 0.6) is 0 Å². The van der Waals surface area contributed by atoms with Gasteiger partial charge in [-0.25, -0.2) is 0 Å². The number of hydrogen-bond acceptors (Lipinski definition) is 3. The van der Waals surface area contributed by atoms with Crippen molar-refractivity contribution in [2.75, 3.05) is 19.6 Å². The second kappa shape index (κ2) is 2.96. The average molecular weight is 127 g/mol. The van der Waals surface area contributed by atoms with Crippen LogP contribution in [0.4, 0.5) is 0 Å². The van der Waals surface area contributed by atoms with Crippen LogP contribution in [-0.4, -0.2) is 25.7 Å². The summed E-state index contributed by atoms with van der Waals surface area (Å²) in [6.07, 6.45) is 2.05. The quantitative estimate of drug-likeness (QED) is 0.328. The smallest absolute Gasteiger partial charge is 0.0457 e. The fraction of sp³-hybridized carbons (Fsp3) is 0.667. The molecule has 1 unspecified atom stereocenters. The summed E-state index contributed by atoms with van der Waals surface area (Å²) >= 11 is 0. The second-order valence-electron chi connectivity index (χ2n) is 2.23. The van der Waals surface area contributed by atoms with E-state index < -0.39 is 0 Å². The lowest BCUT2D eigenvalue weighted by atomic mass is 10.4. The van der Waals surface area contributed by atoms with Crippen LogP contribution in [0.15, 0.2) is 11.6 Å². The lowest BCUT2D eigenvalue weighted by Gasteiger charge is -1.97. The molecule has 0 bridgehead atoms. The van der Waals surface area contributed by atoms with Gasteiger partial charge in [-0.3, -0.25) is 0 Å². The highest BCUT2D eigenvalue weighted by atomic mass is 14.9. The minimum atomic E-state index is 0.260. The zero-order valence-electron chi connectivity index (χ0n) is 5.43. The number of nitrogens with two attached hydrogens (primary N) is 2. The summed E-state index contributed by atoms with van der Waals surface area (Å²) in [5.41, 5.74) is 12.1. The normalized spacial score (nSPS) is 23.8. The molecule has 1 atom stereocenters. The highest BCUT2D eigenvalue weighted by molar-refractivity contribution is 5.34. The van der Waals surface area contributed by atoms with E-state index in [9.17, 15) is 0 Å². The van der Waals surface area contributed by atoms with E-state index in [2.05, 4.69) is 5.32 Å². The SMILES string of the molecule is NCCNCC1=CC1N. The largest absolute Gasteiger partial charge is 0.329 e. The molecule has 0 saturated heterocycles. The summed E-state index contributed by atoms with van der Waals surface area (Å²) in [7, 11) is 0. The molecule has 0 aromatic heterocycles. The van der Waals surface area contributed by atoms with E-state index in [-0.39, 0.29) is 6.04 Å². The number of hydrogen-bond donors (Lipinski definition) is 3. The molecule has 0 aromatic carbocycles. The van der Waals surface area contributed by atoms with Gasteiger partial charge in [0.05, 0.1) is 0 Å². The Hall–Kier alpha value is -0.380. The van der Waals surface area contributed by atoms with E-state index in [0.29, 0.717) is 6.54 Å². The first-order valence-corrected chi connectivity index (χ1v) is 3.21. The maximum atomic E-state index is 5.48. The van der Waals surface area contributed by atoms with E-state index >= 15 is 0 Å². The minimum Gasteiger partial charge on any atom is -0.329 e. The molecular weight excluding hydrogens is 114 g/mol. The molecule has 0 spiro atoms. The van der Waals surface area contributed by atoms with Crippen molar-refractivity contribution >= 4 is 0 Å². The van der Waals surface area contributed by atoms with Gasteiger partial charge in [-0.15, -0.1) is 0 Å². The molecule has 3 nitrogen and oxygen atoms in total. The summed E-state index contributed by atoms with van der Waals surface area (Å²) in [6.45, 7) is 2.49. The van der Waals surface area contributed by atoms with Gasteiger partial charge in [0.25, 0.3) is 0 Å². The maximum Gasteiger partial charge on any atom is 0.0457 e. The molecule has 0 saturated carbocycles. The predicted molar refractivity (Wildman–Crippen MR) is 38.0 cm³/mol. The Morgan fingerprint density at radius 1 is 1.67 bits per heavy atom. The molecule has 1 aliphatic rings. The molecule has 0 aromatic rings. The highest BCUT2D eigenvalue weighted by Gasteiger charge is 2.17. The molecule has 0 fully saturated rings. The van der Waals surface area contributed by atoms with Crippen LogP contribution in [0.3, 0.4) is 0 Å². The zero-order valence-corrected chi connectivity index (χ0v) is 5.43. The lowest BCUT2D eigenvalue weighted by Crippen LogP contribution is -2.24. The monoisotopic (exact) mass is 127 g/mol. The Balaban J connectivity index is 1.89. The van der Waals surface area contributed by atoms with Gasteiger partial charge in [0.1, 0.15) is 0 Å². The molecule has 0 amide bonds. The fourth-order valence-electron chi connectivity index (χ4n) is 0.694. The first kappa shape index (κ1) is 6.74. The predicted octanol–water partition coefficient (Wildman–Crippen LogP) is -1.20. The summed E-state index contributed by atoms with van der Waals surface area (Å²) < 4.78 is 0. The average Bonchev–Trinajstić information content (AvgIpc) is 2.48. The Morgan fingerprint density at radius 2 is 2.33 bits per heavy atom. The molecule has 0 radical (unpaired) electrons. The topological polar surface area (TPSA) is 64.1 Å². The van der Waals surface area contributed by atoms with Crippen molar-refractivity contribution in [1.82, 2.24) is 5.32 Å².